The zero-order chi connectivity index (χ0) is 19.9. The molecule has 7 heteroatoms. The SMILES string of the molecule is [C-]#[N+][C@@H]1C[C@@H](O)C(c2ccc(C(O)CCCCC)s2)C1OCCc1cc[c-]s1.[Y]. The molecular weight excluding hydrogens is 479 g/mol. The number of hydrogen-bond acceptors (Lipinski definition) is 5. The molecule has 155 valence electrons. The minimum Gasteiger partial charge on any atom is -0.392 e. The van der Waals surface area contributed by atoms with Crippen molar-refractivity contribution < 1.29 is 47.7 Å². The Bertz CT molecular complexity index is 758. The first kappa shape index (κ1) is 25.1. The molecule has 1 fully saturated rings. The van der Waals surface area contributed by atoms with E-state index in [0.29, 0.717) is 13.0 Å². The van der Waals surface area contributed by atoms with Crippen molar-refractivity contribution in [1.29, 1.82) is 0 Å². The Morgan fingerprint density at radius 1 is 1.34 bits per heavy atom. The molecule has 3 rings (SSSR count). The summed E-state index contributed by atoms with van der Waals surface area (Å²) in [5.41, 5.74) is 0. The van der Waals surface area contributed by atoms with Crippen LogP contribution in [0, 0.1) is 12.0 Å². The molecule has 1 radical (unpaired) electrons. The van der Waals surface area contributed by atoms with Crippen LogP contribution in [0.15, 0.2) is 24.3 Å². The number of ether oxygens (including phenoxy) is 1. The van der Waals surface area contributed by atoms with Gasteiger partial charge in [0.15, 0.2) is 0 Å². The van der Waals surface area contributed by atoms with Crippen molar-refractivity contribution in [2.45, 2.75) is 75.7 Å². The van der Waals surface area contributed by atoms with Crippen LogP contribution in [-0.4, -0.2) is 35.1 Å². The molecule has 2 N–H and O–H groups in total. The maximum Gasteiger partial charge on any atom is 0.252 e. The van der Waals surface area contributed by atoms with Crippen molar-refractivity contribution in [3.05, 3.63) is 55.7 Å². The second kappa shape index (κ2) is 12.7. The number of unbranched alkanes of at least 4 members (excludes halogenated alkanes) is 2. The first-order valence-corrected chi connectivity index (χ1v) is 11.7. The predicted octanol–water partition coefficient (Wildman–Crippen LogP) is 4.98. The summed E-state index contributed by atoms with van der Waals surface area (Å²) in [6.07, 6.45) is 3.95. The molecule has 2 aromatic rings. The fourth-order valence-corrected chi connectivity index (χ4v) is 5.67. The molecule has 5 atom stereocenters. The van der Waals surface area contributed by atoms with Crippen molar-refractivity contribution >= 4 is 22.7 Å². The monoisotopic (exact) mass is 507 g/mol. The van der Waals surface area contributed by atoms with E-state index in [0.717, 1.165) is 41.9 Å². The van der Waals surface area contributed by atoms with Crippen LogP contribution < -0.4 is 0 Å². The second-order valence-corrected chi connectivity index (χ2v) is 9.49. The average Bonchev–Trinajstić information content (AvgIpc) is 3.42. The third-order valence-corrected chi connectivity index (χ3v) is 7.51. The van der Waals surface area contributed by atoms with Crippen molar-refractivity contribution in [1.82, 2.24) is 0 Å². The standard InChI is InChI=1S/C22H28NO3S2.Y/c1-3-4-5-8-17(24)19-9-10-20(28-19)21-18(25)14-16(23-2)22(21)26-12-11-15-7-6-13-27-15;/h6-7,9-10,16-18,21-22,24-25H,3-5,8,11-12,14H2,1H3;/q-1;/t16-,17?,18-,21?,22?;/m1./s1. The van der Waals surface area contributed by atoms with Crippen molar-refractivity contribution in [2.24, 2.45) is 0 Å². The van der Waals surface area contributed by atoms with Gasteiger partial charge in [-0.1, -0.05) is 32.6 Å². The van der Waals surface area contributed by atoms with Crippen LogP contribution in [0.5, 0.6) is 0 Å². The minimum absolute atomic E-state index is 0. The molecule has 1 aliphatic carbocycles. The molecule has 0 saturated heterocycles. The summed E-state index contributed by atoms with van der Waals surface area (Å²) in [5.74, 6) is -0.199. The van der Waals surface area contributed by atoms with Crippen LogP contribution in [-0.2, 0) is 43.9 Å². The van der Waals surface area contributed by atoms with Crippen LogP contribution in [0.25, 0.3) is 4.85 Å². The third kappa shape index (κ3) is 6.67. The Balaban J connectivity index is 0.00000300. The van der Waals surface area contributed by atoms with Gasteiger partial charge in [0.05, 0.1) is 24.5 Å². The summed E-state index contributed by atoms with van der Waals surface area (Å²) in [4.78, 5) is 6.88. The quantitative estimate of drug-likeness (QED) is 0.352. The van der Waals surface area contributed by atoms with E-state index in [1.807, 2.05) is 24.3 Å². The smallest absolute Gasteiger partial charge is 0.252 e. The molecule has 0 spiro atoms. The Hall–Kier alpha value is -0.126. The normalized spacial score (nSPS) is 24.8. The van der Waals surface area contributed by atoms with Gasteiger partial charge in [-0.25, -0.2) is 12.6 Å². The molecule has 1 saturated carbocycles. The van der Waals surface area contributed by atoms with E-state index in [9.17, 15) is 10.2 Å². The van der Waals surface area contributed by atoms with E-state index in [4.69, 9.17) is 11.3 Å². The van der Waals surface area contributed by atoms with Crippen LogP contribution in [0.2, 0.25) is 0 Å². The molecule has 0 aliphatic heterocycles. The van der Waals surface area contributed by atoms with E-state index in [1.165, 1.54) is 4.88 Å². The number of thiophene rings is 2. The van der Waals surface area contributed by atoms with Gasteiger partial charge in [0.1, 0.15) is 6.10 Å². The van der Waals surface area contributed by atoms with E-state index in [-0.39, 0.29) is 50.8 Å². The second-order valence-electron chi connectivity index (χ2n) is 7.38. The van der Waals surface area contributed by atoms with Gasteiger partial charge in [-0.15, -0.1) is 21.6 Å². The van der Waals surface area contributed by atoms with Crippen LogP contribution in [0.4, 0.5) is 0 Å². The Morgan fingerprint density at radius 3 is 2.86 bits per heavy atom. The first-order valence-electron chi connectivity index (χ1n) is 10.0. The number of rotatable bonds is 10. The van der Waals surface area contributed by atoms with E-state index >= 15 is 0 Å². The molecule has 3 unspecified atom stereocenters. The Morgan fingerprint density at radius 2 is 2.17 bits per heavy atom. The maximum absolute atomic E-state index is 10.6. The topological polar surface area (TPSA) is 54.0 Å². The summed E-state index contributed by atoms with van der Waals surface area (Å²) >= 11 is 3.14. The molecule has 2 aromatic heterocycles. The molecule has 0 amide bonds. The molecule has 4 nitrogen and oxygen atoms in total. The zero-order valence-corrected chi connectivity index (χ0v) is 21.3. The van der Waals surface area contributed by atoms with Crippen LogP contribution in [0.3, 0.4) is 0 Å². The van der Waals surface area contributed by atoms with E-state index in [2.05, 4.69) is 17.1 Å². The molecule has 0 aromatic carbocycles. The predicted molar refractivity (Wildman–Crippen MR) is 114 cm³/mol. The summed E-state index contributed by atoms with van der Waals surface area (Å²) < 4.78 is 6.13. The molecule has 1 aliphatic rings. The summed E-state index contributed by atoms with van der Waals surface area (Å²) in [6, 6.07) is 7.58. The summed E-state index contributed by atoms with van der Waals surface area (Å²) in [6.45, 7) is 10.2. The Labute approximate surface area is 207 Å². The fraction of sp³-hybridized carbons (Fsp3) is 0.591. The van der Waals surface area contributed by atoms with Gasteiger partial charge in [0.25, 0.3) is 6.04 Å². The van der Waals surface area contributed by atoms with E-state index in [1.54, 1.807) is 22.7 Å². The molecule has 0 bridgehead atoms. The number of aliphatic hydroxyl groups is 2. The largest absolute Gasteiger partial charge is 0.392 e. The van der Waals surface area contributed by atoms with Gasteiger partial charge in [-0.3, -0.25) is 0 Å². The van der Waals surface area contributed by atoms with Crippen molar-refractivity contribution in [3.8, 4) is 0 Å². The third-order valence-electron chi connectivity index (χ3n) is 5.37. The van der Waals surface area contributed by atoms with Gasteiger partial charge < -0.3 is 31.1 Å². The van der Waals surface area contributed by atoms with Gasteiger partial charge in [0.2, 0.25) is 0 Å². The molecule has 29 heavy (non-hydrogen) atoms. The van der Waals surface area contributed by atoms with Crippen LogP contribution >= 0.6 is 22.7 Å². The number of nitrogens with zero attached hydrogens (tertiary/aromatic N) is 1. The summed E-state index contributed by atoms with van der Waals surface area (Å²) in [5, 5.41) is 24.2. The van der Waals surface area contributed by atoms with E-state index < -0.39 is 12.2 Å². The fourth-order valence-electron chi connectivity index (χ4n) is 3.84. The van der Waals surface area contributed by atoms with Gasteiger partial charge in [0, 0.05) is 49.1 Å². The Kier molecular flexibility index (Phi) is 11.0. The summed E-state index contributed by atoms with van der Waals surface area (Å²) in [7, 11) is 0. The maximum atomic E-state index is 10.6. The van der Waals surface area contributed by atoms with Gasteiger partial charge >= 0.3 is 0 Å². The number of hydrogen-bond donors (Lipinski definition) is 2. The molecular formula is C22H28NO3S2Y-. The van der Waals surface area contributed by atoms with Crippen molar-refractivity contribution in [3.63, 3.8) is 0 Å². The first-order chi connectivity index (χ1) is 13.6. The molecule has 2 heterocycles. The van der Waals surface area contributed by atoms with Crippen LogP contribution in [0.1, 0.15) is 65.7 Å². The minimum atomic E-state index is -0.581. The van der Waals surface area contributed by atoms with Gasteiger partial charge in [-0.05, 0) is 18.6 Å². The van der Waals surface area contributed by atoms with Crippen molar-refractivity contribution in [2.75, 3.05) is 6.61 Å². The average molecular weight is 508 g/mol. The zero-order valence-electron chi connectivity index (χ0n) is 16.8. The number of aliphatic hydroxyl groups excluding tert-OH is 2. The van der Waals surface area contributed by atoms with Gasteiger partial charge in [-0.2, -0.15) is 6.07 Å².